The van der Waals surface area contributed by atoms with Crippen molar-refractivity contribution in [3.8, 4) is 11.5 Å². The Morgan fingerprint density at radius 1 is 1.19 bits per heavy atom. The normalized spacial score (nSPS) is 10.5. The lowest BCUT2D eigenvalue weighted by Gasteiger charge is -2.07. The summed E-state index contributed by atoms with van der Waals surface area (Å²) < 4.78 is 12.0. The number of methoxy groups -OCH3 is 1. The molecule has 0 unspecified atom stereocenters. The molecule has 0 radical (unpaired) electrons. The fourth-order valence-corrected chi connectivity index (χ4v) is 2.31. The van der Waals surface area contributed by atoms with E-state index >= 15 is 0 Å². The second-order valence-electron chi connectivity index (χ2n) is 4.77. The van der Waals surface area contributed by atoms with Gasteiger partial charge >= 0.3 is 0 Å². The van der Waals surface area contributed by atoms with Gasteiger partial charge in [0.1, 0.15) is 11.5 Å². The lowest BCUT2D eigenvalue weighted by atomic mass is 10.1. The molecule has 0 spiro atoms. The molecule has 0 amide bonds. The predicted molar refractivity (Wildman–Crippen MR) is 80.2 cm³/mol. The van der Waals surface area contributed by atoms with Crippen molar-refractivity contribution in [2.45, 2.75) is 27.2 Å². The summed E-state index contributed by atoms with van der Waals surface area (Å²) in [4.78, 5) is 12.2. The van der Waals surface area contributed by atoms with Crippen molar-refractivity contribution in [2.75, 3.05) is 13.7 Å². The Labute approximate surface area is 124 Å². The van der Waals surface area contributed by atoms with E-state index in [-0.39, 0.29) is 12.5 Å². The van der Waals surface area contributed by atoms with E-state index < -0.39 is 0 Å². The molecule has 1 heterocycles. The van der Waals surface area contributed by atoms with Crippen molar-refractivity contribution < 1.29 is 14.3 Å². The second kappa shape index (κ2) is 6.43. The Bertz CT molecular complexity index is 630. The van der Waals surface area contributed by atoms with Gasteiger partial charge in [0.05, 0.1) is 12.8 Å². The highest BCUT2D eigenvalue weighted by Gasteiger charge is 2.15. The minimum atomic E-state index is -0.175. The van der Waals surface area contributed by atoms with Gasteiger partial charge < -0.3 is 9.47 Å². The number of nitrogens with zero attached hydrogens (tertiary/aromatic N) is 2. The standard InChI is InChI=1S/C16H20N2O3/c1-5-15-11(2)17-18(12(15)3)16(19)10-21-14-8-6-13(20-4)7-9-14/h6-9H,5,10H2,1-4H3. The Balaban J connectivity index is 2.04. The zero-order chi connectivity index (χ0) is 15.4. The van der Waals surface area contributed by atoms with Gasteiger partial charge in [-0.05, 0) is 50.1 Å². The van der Waals surface area contributed by atoms with Gasteiger partial charge in [0.15, 0.2) is 6.61 Å². The largest absolute Gasteiger partial charge is 0.497 e. The van der Waals surface area contributed by atoms with Crippen LogP contribution in [0.25, 0.3) is 0 Å². The van der Waals surface area contributed by atoms with Gasteiger partial charge in [0, 0.05) is 5.69 Å². The molecule has 1 aromatic heterocycles. The number of aryl methyl sites for hydroxylation is 1. The Morgan fingerprint density at radius 2 is 1.81 bits per heavy atom. The summed E-state index contributed by atoms with van der Waals surface area (Å²) in [5.41, 5.74) is 2.90. The van der Waals surface area contributed by atoms with E-state index in [1.807, 2.05) is 13.8 Å². The van der Waals surface area contributed by atoms with Gasteiger partial charge in [-0.2, -0.15) is 5.10 Å². The van der Waals surface area contributed by atoms with Crippen molar-refractivity contribution in [2.24, 2.45) is 0 Å². The molecule has 5 nitrogen and oxygen atoms in total. The quantitative estimate of drug-likeness (QED) is 0.849. The van der Waals surface area contributed by atoms with Crippen LogP contribution in [0.1, 0.15) is 28.7 Å². The van der Waals surface area contributed by atoms with Crippen LogP contribution in [0.4, 0.5) is 0 Å². The molecular formula is C16H20N2O3. The smallest absolute Gasteiger partial charge is 0.284 e. The number of hydrogen-bond acceptors (Lipinski definition) is 4. The monoisotopic (exact) mass is 288 g/mol. The van der Waals surface area contributed by atoms with E-state index in [0.717, 1.165) is 29.1 Å². The molecule has 0 N–H and O–H groups in total. The van der Waals surface area contributed by atoms with E-state index in [0.29, 0.717) is 5.75 Å². The zero-order valence-corrected chi connectivity index (χ0v) is 12.8. The van der Waals surface area contributed by atoms with Crippen LogP contribution in [0.15, 0.2) is 24.3 Å². The minimum Gasteiger partial charge on any atom is -0.497 e. The maximum absolute atomic E-state index is 12.2. The first-order valence-electron chi connectivity index (χ1n) is 6.92. The van der Waals surface area contributed by atoms with E-state index in [1.54, 1.807) is 31.4 Å². The lowest BCUT2D eigenvalue weighted by Crippen LogP contribution is -2.21. The first-order valence-corrected chi connectivity index (χ1v) is 6.92. The van der Waals surface area contributed by atoms with Crippen LogP contribution >= 0.6 is 0 Å². The van der Waals surface area contributed by atoms with Crippen molar-refractivity contribution in [3.63, 3.8) is 0 Å². The summed E-state index contributed by atoms with van der Waals surface area (Å²) in [6.45, 7) is 5.83. The number of carbonyl (C=O) groups is 1. The molecule has 2 rings (SSSR count). The fraction of sp³-hybridized carbons (Fsp3) is 0.375. The molecule has 0 aliphatic rings. The molecule has 0 fully saturated rings. The molecule has 0 saturated heterocycles. The highest BCUT2D eigenvalue weighted by Crippen LogP contribution is 2.17. The molecule has 112 valence electrons. The van der Waals surface area contributed by atoms with Gasteiger partial charge in [0.2, 0.25) is 0 Å². The number of hydrogen-bond donors (Lipinski definition) is 0. The molecular weight excluding hydrogens is 268 g/mol. The maximum Gasteiger partial charge on any atom is 0.284 e. The summed E-state index contributed by atoms with van der Waals surface area (Å²) in [6, 6.07) is 7.12. The number of ether oxygens (including phenoxy) is 2. The van der Waals surface area contributed by atoms with Gasteiger partial charge in [-0.3, -0.25) is 4.79 Å². The fourth-order valence-electron chi connectivity index (χ4n) is 2.31. The minimum absolute atomic E-state index is 0.0442. The van der Waals surface area contributed by atoms with Crippen molar-refractivity contribution in [1.82, 2.24) is 9.78 Å². The Hall–Kier alpha value is -2.30. The topological polar surface area (TPSA) is 53.4 Å². The number of rotatable bonds is 5. The second-order valence-corrected chi connectivity index (χ2v) is 4.77. The van der Waals surface area contributed by atoms with E-state index in [9.17, 15) is 4.79 Å². The average molecular weight is 288 g/mol. The maximum atomic E-state index is 12.2. The average Bonchev–Trinajstić information content (AvgIpc) is 2.79. The lowest BCUT2D eigenvalue weighted by molar-refractivity contribution is 0.0818. The van der Waals surface area contributed by atoms with Crippen molar-refractivity contribution in [1.29, 1.82) is 0 Å². The number of benzene rings is 1. The molecule has 5 heteroatoms. The molecule has 0 saturated carbocycles. The molecule has 1 aromatic carbocycles. The zero-order valence-electron chi connectivity index (χ0n) is 12.8. The summed E-state index contributed by atoms with van der Waals surface area (Å²) in [5.74, 6) is 1.20. The first-order chi connectivity index (χ1) is 10.1. The van der Waals surface area contributed by atoms with Crippen molar-refractivity contribution >= 4 is 5.91 Å². The summed E-state index contributed by atoms with van der Waals surface area (Å²) in [6.07, 6.45) is 0.865. The van der Waals surface area contributed by atoms with Crippen LogP contribution in [0.2, 0.25) is 0 Å². The Morgan fingerprint density at radius 3 is 2.33 bits per heavy atom. The van der Waals surface area contributed by atoms with Gasteiger partial charge in [-0.1, -0.05) is 6.92 Å². The SMILES string of the molecule is CCc1c(C)nn(C(=O)COc2ccc(OC)cc2)c1C. The third-order valence-corrected chi connectivity index (χ3v) is 3.45. The molecule has 2 aromatic rings. The molecule has 0 aliphatic heterocycles. The van der Waals surface area contributed by atoms with E-state index in [2.05, 4.69) is 12.0 Å². The number of aromatic nitrogens is 2. The molecule has 0 aliphatic carbocycles. The van der Waals surface area contributed by atoms with Crippen LogP contribution < -0.4 is 9.47 Å². The van der Waals surface area contributed by atoms with Crippen molar-refractivity contribution in [3.05, 3.63) is 41.2 Å². The third-order valence-electron chi connectivity index (χ3n) is 3.45. The van der Waals surface area contributed by atoms with Gasteiger partial charge in [-0.15, -0.1) is 0 Å². The Kier molecular flexibility index (Phi) is 4.62. The summed E-state index contributed by atoms with van der Waals surface area (Å²) in [7, 11) is 1.60. The van der Waals surface area contributed by atoms with Crippen LogP contribution in [-0.4, -0.2) is 29.4 Å². The predicted octanol–water partition coefficient (Wildman–Crippen LogP) is 2.79. The number of carbonyl (C=O) groups excluding carboxylic acids is 1. The van der Waals surface area contributed by atoms with Crippen LogP contribution in [0.5, 0.6) is 11.5 Å². The third kappa shape index (κ3) is 3.24. The van der Waals surface area contributed by atoms with E-state index in [1.165, 1.54) is 4.68 Å². The van der Waals surface area contributed by atoms with Crippen LogP contribution in [0.3, 0.4) is 0 Å². The molecule has 0 atom stereocenters. The highest BCUT2D eigenvalue weighted by atomic mass is 16.5. The van der Waals surface area contributed by atoms with Gasteiger partial charge in [0.25, 0.3) is 5.91 Å². The molecule has 0 bridgehead atoms. The van der Waals surface area contributed by atoms with Crippen LogP contribution in [0, 0.1) is 13.8 Å². The van der Waals surface area contributed by atoms with Crippen LogP contribution in [-0.2, 0) is 6.42 Å². The van der Waals surface area contributed by atoms with Gasteiger partial charge in [-0.25, -0.2) is 4.68 Å². The highest BCUT2D eigenvalue weighted by molar-refractivity contribution is 5.80. The summed E-state index contributed by atoms with van der Waals surface area (Å²) in [5, 5.41) is 4.29. The summed E-state index contributed by atoms with van der Waals surface area (Å²) >= 11 is 0. The molecule has 21 heavy (non-hydrogen) atoms. The first kappa shape index (κ1) is 15.1. The van der Waals surface area contributed by atoms with E-state index in [4.69, 9.17) is 9.47 Å².